The van der Waals surface area contributed by atoms with Crippen LogP contribution in [-0.4, -0.2) is 61.3 Å². The number of fused-ring (bicyclic) bond motifs is 2. The van der Waals surface area contributed by atoms with Gasteiger partial charge in [-0.15, -0.1) is 0 Å². The van der Waals surface area contributed by atoms with Gasteiger partial charge in [0.05, 0.1) is 18.1 Å². The van der Waals surface area contributed by atoms with Crippen LogP contribution in [0, 0.1) is 6.92 Å². The Balaban J connectivity index is 1.46. The number of piperidine rings is 1. The van der Waals surface area contributed by atoms with Crippen LogP contribution in [0.4, 0.5) is 16.2 Å². The third kappa shape index (κ3) is 5.60. The van der Waals surface area contributed by atoms with E-state index < -0.39 is 11.0 Å². The standard InChI is InChI=1S/C34H45N3O5/c1-7-37(25-13-17-36(18-14-25)32(40)42-33(3,4)5)29-21-24(19-26(22(29)2)30(38)41-6)23-11-12-27-28(20-23)35-31(39)34(27)15-9-8-10-16-34/h11-12,19-21,25H,7-10,13-18H2,1-6H3,(H,35,39). The molecular formula is C34H45N3O5. The van der Waals surface area contributed by atoms with Crippen LogP contribution >= 0.6 is 0 Å². The molecule has 1 N–H and O–H groups in total. The first-order valence-corrected chi connectivity index (χ1v) is 15.4. The van der Waals surface area contributed by atoms with Gasteiger partial charge < -0.3 is 24.6 Å². The molecule has 0 aromatic heterocycles. The Hall–Kier alpha value is -3.55. The maximum Gasteiger partial charge on any atom is 0.410 e. The first-order valence-electron chi connectivity index (χ1n) is 15.4. The minimum atomic E-state index is -0.525. The Labute approximate surface area is 249 Å². The van der Waals surface area contributed by atoms with Crippen LogP contribution in [0.15, 0.2) is 30.3 Å². The maximum absolute atomic E-state index is 13.2. The highest BCUT2D eigenvalue weighted by Crippen LogP contribution is 2.48. The Bertz CT molecular complexity index is 1360. The summed E-state index contributed by atoms with van der Waals surface area (Å²) < 4.78 is 10.8. The van der Waals surface area contributed by atoms with Crippen LogP contribution in [0.3, 0.4) is 0 Å². The molecular weight excluding hydrogens is 530 g/mol. The summed E-state index contributed by atoms with van der Waals surface area (Å²) >= 11 is 0. The van der Waals surface area contributed by atoms with Crippen LogP contribution in [0.5, 0.6) is 0 Å². The summed E-state index contributed by atoms with van der Waals surface area (Å²) in [4.78, 5) is 42.9. The fraction of sp³-hybridized carbons (Fsp3) is 0.559. The number of ether oxygens (including phenoxy) is 2. The van der Waals surface area contributed by atoms with Crippen molar-refractivity contribution in [3.05, 3.63) is 47.0 Å². The Morgan fingerprint density at radius 1 is 1.05 bits per heavy atom. The van der Waals surface area contributed by atoms with Crippen molar-refractivity contribution in [2.75, 3.05) is 37.0 Å². The molecule has 2 fully saturated rings. The van der Waals surface area contributed by atoms with E-state index in [0.29, 0.717) is 18.7 Å². The molecule has 5 rings (SSSR count). The summed E-state index contributed by atoms with van der Waals surface area (Å²) in [6.45, 7) is 11.7. The molecule has 1 aliphatic carbocycles. The monoisotopic (exact) mass is 575 g/mol. The minimum absolute atomic E-state index is 0.115. The van der Waals surface area contributed by atoms with E-state index in [9.17, 15) is 14.4 Å². The molecule has 2 heterocycles. The van der Waals surface area contributed by atoms with Crippen molar-refractivity contribution in [3.63, 3.8) is 0 Å². The summed E-state index contributed by atoms with van der Waals surface area (Å²) in [5.74, 6) is -0.258. The second-order valence-electron chi connectivity index (χ2n) is 13.0. The second-order valence-corrected chi connectivity index (χ2v) is 13.0. The number of esters is 1. The SMILES string of the molecule is CCN(c1cc(-c2ccc3c(c2)NC(=O)C32CCCCC2)cc(C(=O)OC)c1C)C1CCN(C(=O)OC(C)(C)C)CC1. The molecule has 42 heavy (non-hydrogen) atoms. The molecule has 8 nitrogen and oxygen atoms in total. The lowest BCUT2D eigenvalue weighted by Crippen LogP contribution is -2.48. The number of carbonyl (C=O) groups excluding carboxylic acids is 3. The van der Waals surface area contributed by atoms with Crippen molar-refractivity contribution < 1.29 is 23.9 Å². The number of carbonyl (C=O) groups is 3. The predicted molar refractivity (Wildman–Crippen MR) is 165 cm³/mol. The van der Waals surface area contributed by atoms with Gasteiger partial charge in [0.1, 0.15) is 5.60 Å². The molecule has 2 amide bonds. The van der Waals surface area contributed by atoms with Gasteiger partial charge in [-0.25, -0.2) is 9.59 Å². The molecule has 0 atom stereocenters. The molecule has 0 unspecified atom stereocenters. The van der Waals surface area contributed by atoms with E-state index in [1.165, 1.54) is 13.5 Å². The molecule has 3 aliphatic rings. The number of benzene rings is 2. The number of nitrogens with zero attached hydrogens (tertiary/aromatic N) is 2. The van der Waals surface area contributed by atoms with Crippen LogP contribution in [0.1, 0.15) is 94.1 Å². The summed E-state index contributed by atoms with van der Waals surface area (Å²) in [6.07, 6.45) is 6.45. The number of rotatable bonds is 5. The molecule has 226 valence electrons. The molecule has 2 aromatic rings. The topological polar surface area (TPSA) is 88.2 Å². The van der Waals surface area contributed by atoms with Gasteiger partial charge in [0, 0.05) is 37.1 Å². The number of nitrogens with one attached hydrogen (secondary N) is 1. The van der Waals surface area contributed by atoms with E-state index >= 15 is 0 Å². The Morgan fingerprint density at radius 3 is 2.36 bits per heavy atom. The van der Waals surface area contributed by atoms with Crippen LogP contribution < -0.4 is 10.2 Å². The zero-order valence-electron chi connectivity index (χ0n) is 26.0. The highest BCUT2D eigenvalue weighted by Gasteiger charge is 2.47. The Morgan fingerprint density at radius 2 is 1.74 bits per heavy atom. The lowest BCUT2D eigenvalue weighted by molar-refractivity contribution is -0.121. The fourth-order valence-corrected chi connectivity index (χ4v) is 7.06. The van der Waals surface area contributed by atoms with Crippen LogP contribution in [0.2, 0.25) is 0 Å². The van der Waals surface area contributed by atoms with Gasteiger partial charge in [-0.3, -0.25) is 4.79 Å². The summed E-state index contributed by atoms with van der Waals surface area (Å²) in [5, 5.41) is 3.17. The minimum Gasteiger partial charge on any atom is -0.465 e. The first-order chi connectivity index (χ1) is 20.0. The van der Waals surface area contributed by atoms with E-state index in [0.717, 1.165) is 78.7 Å². The van der Waals surface area contributed by atoms with E-state index in [1.807, 2.05) is 33.8 Å². The second kappa shape index (κ2) is 11.6. The number of hydrogen-bond acceptors (Lipinski definition) is 6. The van der Waals surface area contributed by atoms with Gasteiger partial charge in [0.25, 0.3) is 0 Å². The van der Waals surface area contributed by atoms with Crippen LogP contribution in [0.25, 0.3) is 11.1 Å². The van der Waals surface area contributed by atoms with Crippen molar-refractivity contribution >= 4 is 29.3 Å². The fourth-order valence-electron chi connectivity index (χ4n) is 7.06. The van der Waals surface area contributed by atoms with E-state index in [1.54, 1.807) is 4.90 Å². The predicted octanol–water partition coefficient (Wildman–Crippen LogP) is 6.83. The number of methoxy groups -OCH3 is 1. The van der Waals surface area contributed by atoms with Gasteiger partial charge >= 0.3 is 12.1 Å². The zero-order chi connectivity index (χ0) is 30.2. The van der Waals surface area contributed by atoms with Crippen molar-refractivity contribution in [1.29, 1.82) is 0 Å². The van der Waals surface area contributed by atoms with Crippen molar-refractivity contribution in [3.8, 4) is 11.1 Å². The molecule has 1 spiro atoms. The lowest BCUT2D eigenvalue weighted by atomic mass is 9.70. The zero-order valence-corrected chi connectivity index (χ0v) is 26.0. The van der Waals surface area contributed by atoms with Gasteiger partial charge in [-0.05, 0) is 101 Å². The molecule has 1 saturated carbocycles. The van der Waals surface area contributed by atoms with Gasteiger partial charge in [0.2, 0.25) is 5.91 Å². The number of amides is 2. The van der Waals surface area contributed by atoms with E-state index in [-0.39, 0.29) is 24.0 Å². The first kappa shape index (κ1) is 29.9. The number of likely N-dealkylation sites (tertiary alicyclic amines) is 1. The average molecular weight is 576 g/mol. The van der Waals surface area contributed by atoms with Crippen molar-refractivity contribution in [2.45, 2.75) is 96.6 Å². The van der Waals surface area contributed by atoms with Gasteiger partial charge in [-0.2, -0.15) is 0 Å². The largest absolute Gasteiger partial charge is 0.465 e. The number of anilines is 2. The maximum atomic E-state index is 13.2. The lowest BCUT2D eigenvalue weighted by Gasteiger charge is -2.40. The molecule has 8 heteroatoms. The summed E-state index contributed by atoms with van der Waals surface area (Å²) in [6, 6.07) is 10.5. The van der Waals surface area contributed by atoms with Gasteiger partial charge in [0.15, 0.2) is 0 Å². The third-order valence-electron chi connectivity index (χ3n) is 9.25. The van der Waals surface area contributed by atoms with Gasteiger partial charge in [-0.1, -0.05) is 31.4 Å². The van der Waals surface area contributed by atoms with Crippen molar-refractivity contribution in [2.24, 2.45) is 0 Å². The highest BCUT2D eigenvalue weighted by molar-refractivity contribution is 6.07. The molecule has 0 bridgehead atoms. The third-order valence-corrected chi connectivity index (χ3v) is 9.25. The normalized spacial score (nSPS) is 18.4. The van der Waals surface area contributed by atoms with E-state index in [2.05, 4.69) is 41.4 Å². The molecule has 0 radical (unpaired) electrons. The van der Waals surface area contributed by atoms with Crippen molar-refractivity contribution in [1.82, 2.24) is 4.90 Å². The van der Waals surface area contributed by atoms with E-state index in [4.69, 9.17) is 9.47 Å². The molecule has 1 saturated heterocycles. The molecule has 2 aromatic carbocycles. The Kier molecular flexibility index (Phi) is 8.28. The molecule has 2 aliphatic heterocycles. The summed E-state index contributed by atoms with van der Waals surface area (Å²) in [7, 11) is 1.41. The smallest absolute Gasteiger partial charge is 0.410 e. The highest BCUT2D eigenvalue weighted by atomic mass is 16.6. The summed E-state index contributed by atoms with van der Waals surface area (Å²) in [5.41, 5.74) is 5.29. The average Bonchev–Trinajstić information content (AvgIpc) is 3.23. The number of hydrogen-bond donors (Lipinski definition) is 1. The van der Waals surface area contributed by atoms with Crippen LogP contribution in [-0.2, 0) is 19.7 Å². The quantitative estimate of drug-likeness (QED) is 0.393.